The number of piperidine rings is 1. The third-order valence-corrected chi connectivity index (χ3v) is 14.5. The van der Waals surface area contributed by atoms with Crippen LogP contribution < -0.4 is 24.9 Å². The minimum atomic E-state index is -2.88. The molecule has 1 heterocycles. The largest absolute Gasteiger partial charge is 0.534 e. The van der Waals surface area contributed by atoms with E-state index in [4.69, 9.17) is 9.16 Å². The second-order valence-corrected chi connectivity index (χ2v) is 19.3. The summed E-state index contributed by atoms with van der Waals surface area (Å²) in [5.74, 6) is 2.18. The highest BCUT2D eigenvalue weighted by Gasteiger charge is 2.52. The van der Waals surface area contributed by atoms with Gasteiger partial charge in [-0.25, -0.2) is 4.79 Å². The number of hydrogen-bond donors (Lipinski definition) is 1. The van der Waals surface area contributed by atoms with Gasteiger partial charge >= 0.3 is 14.3 Å². The Morgan fingerprint density at radius 1 is 0.898 bits per heavy atom. The summed E-state index contributed by atoms with van der Waals surface area (Å²) in [5, 5.41) is 5.53. The molecule has 1 N–H and O–H groups in total. The minimum Gasteiger partial charge on any atom is -0.534 e. The molecule has 1 aliphatic rings. The van der Waals surface area contributed by atoms with E-state index >= 15 is 0 Å². The smallest absolute Gasteiger partial charge is 0.319 e. The Morgan fingerprint density at radius 2 is 1.49 bits per heavy atom. The molecule has 5 rings (SSSR count). The Kier molecular flexibility index (Phi) is 11.9. The van der Waals surface area contributed by atoms with Crippen molar-refractivity contribution in [1.29, 1.82) is 0 Å². The van der Waals surface area contributed by atoms with Crippen molar-refractivity contribution in [3.8, 4) is 11.5 Å². The van der Waals surface area contributed by atoms with Crippen LogP contribution in [0.1, 0.15) is 64.2 Å². The molecule has 1 fully saturated rings. The number of ether oxygens (including phenoxy) is 1. The molecule has 1 aliphatic heterocycles. The summed E-state index contributed by atoms with van der Waals surface area (Å²) in [4.78, 5) is 18.6. The van der Waals surface area contributed by atoms with Crippen molar-refractivity contribution in [1.82, 2.24) is 15.1 Å². The van der Waals surface area contributed by atoms with E-state index in [-0.39, 0.29) is 17.1 Å². The fourth-order valence-corrected chi connectivity index (χ4v) is 11.3. The van der Waals surface area contributed by atoms with Gasteiger partial charge in [0.15, 0.2) is 0 Å². The highest BCUT2D eigenvalue weighted by atomic mass is 28.4. The summed E-state index contributed by atoms with van der Waals surface area (Å²) in [7, 11) is -0.726. The third kappa shape index (κ3) is 8.94. The molecule has 0 unspecified atom stereocenters. The highest BCUT2D eigenvalue weighted by molar-refractivity contribution is 7.00. The van der Waals surface area contributed by atoms with Gasteiger partial charge in [0, 0.05) is 18.2 Å². The van der Waals surface area contributed by atoms with Gasteiger partial charge in [-0.2, -0.15) is 0 Å². The Morgan fingerprint density at radius 3 is 2.04 bits per heavy atom. The van der Waals surface area contributed by atoms with E-state index in [2.05, 4.69) is 143 Å². The summed E-state index contributed by atoms with van der Waals surface area (Å²) in [6, 6.07) is 36.1. The molecule has 7 heteroatoms. The zero-order chi connectivity index (χ0) is 35.0. The van der Waals surface area contributed by atoms with Crippen molar-refractivity contribution in [3.05, 3.63) is 120 Å². The number of carbonyl (C=O) groups is 1. The van der Waals surface area contributed by atoms with Crippen molar-refractivity contribution in [2.24, 2.45) is 5.92 Å². The molecular formula is C42H55N3O3Si. The minimum absolute atomic E-state index is 0.0494. The van der Waals surface area contributed by atoms with Crippen LogP contribution in [0.5, 0.6) is 11.5 Å². The topological polar surface area (TPSA) is 54.0 Å². The van der Waals surface area contributed by atoms with Gasteiger partial charge in [0.2, 0.25) is 0 Å². The van der Waals surface area contributed by atoms with Crippen molar-refractivity contribution < 1.29 is 14.0 Å². The molecular weight excluding hydrogens is 623 g/mol. The number of benzene rings is 4. The molecule has 4 aromatic rings. The standard InChI is InChI=1S/C42H55N3O3Si/c1-32(2)31-47-37-22-19-34(20-23-37)29-43-41(46)45(36-24-26-44(7)27-25-36)30-35-21-18-33(3)28-40(35)48-49(42(4,5)6,38-14-10-8-11-15-38)39-16-12-9-13-17-39/h8-23,28,32,36H,24-27,29-31H2,1-7H3,(H,43,46). The van der Waals surface area contributed by atoms with Crippen molar-refractivity contribution in [2.75, 3.05) is 26.7 Å². The summed E-state index contributed by atoms with van der Waals surface area (Å²) in [5.41, 5.74) is 3.20. The van der Waals surface area contributed by atoms with Crippen LogP contribution in [-0.2, 0) is 13.1 Å². The van der Waals surface area contributed by atoms with Gasteiger partial charge in [0.1, 0.15) is 11.5 Å². The van der Waals surface area contributed by atoms with E-state index in [9.17, 15) is 4.79 Å². The number of rotatable bonds is 12. The molecule has 0 radical (unpaired) electrons. The number of nitrogens with one attached hydrogen (secondary N) is 1. The van der Waals surface area contributed by atoms with Crippen LogP contribution in [0.4, 0.5) is 4.79 Å². The zero-order valence-electron chi connectivity index (χ0n) is 30.5. The maximum Gasteiger partial charge on any atom is 0.319 e. The predicted molar refractivity (Wildman–Crippen MR) is 205 cm³/mol. The normalized spacial score (nSPS) is 14.4. The number of urea groups is 1. The van der Waals surface area contributed by atoms with E-state index in [1.54, 1.807) is 0 Å². The lowest BCUT2D eigenvalue weighted by molar-refractivity contribution is 0.126. The van der Waals surface area contributed by atoms with Gasteiger partial charge in [-0.15, -0.1) is 0 Å². The van der Waals surface area contributed by atoms with Crippen LogP contribution in [0.25, 0.3) is 0 Å². The van der Waals surface area contributed by atoms with Gasteiger partial charge in [-0.3, -0.25) is 0 Å². The average Bonchev–Trinajstić information content (AvgIpc) is 3.09. The van der Waals surface area contributed by atoms with E-state index < -0.39 is 8.32 Å². The lowest BCUT2D eigenvalue weighted by atomic mass is 10.0. The van der Waals surface area contributed by atoms with Crippen molar-refractivity contribution in [2.45, 2.75) is 78.6 Å². The van der Waals surface area contributed by atoms with Gasteiger partial charge in [0.05, 0.1) is 13.2 Å². The molecule has 0 spiro atoms. The van der Waals surface area contributed by atoms with Crippen LogP contribution >= 0.6 is 0 Å². The van der Waals surface area contributed by atoms with Crippen LogP contribution in [0, 0.1) is 12.8 Å². The molecule has 6 nitrogen and oxygen atoms in total. The average molecular weight is 678 g/mol. The highest BCUT2D eigenvalue weighted by Crippen LogP contribution is 2.39. The molecule has 0 saturated carbocycles. The van der Waals surface area contributed by atoms with Crippen LogP contribution in [-0.4, -0.2) is 56.9 Å². The fourth-order valence-electron chi connectivity index (χ4n) is 6.80. The quantitative estimate of drug-likeness (QED) is 0.156. The first-order valence-corrected chi connectivity index (χ1v) is 19.7. The molecule has 1 saturated heterocycles. The summed E-state index contributed by atoms with van der Waals surface area (Å²) >= 11 is 0. The summed E-state index contributed by atoms with van der Waals surface area (Å²) < 4.78 is 13.4. The maximum atomic E-state index is 14.2. The molecule has 260 valence electrons. The van der Waals surface area contributed by atoms with Crippen LogP contribution in [0.15, 0.2) is 103 Å². The molecule has 0 atom stereocenters. The fraction of sp³-hybridized carbons (Fsp3) is 0.405. The molecule has 0 aliphatic carbocycles. The molecule has 49 heavy (non-hydrogen) atoms. The zero-order valence-corrected chi connectivity index (χ0v) is 31.5. The van der Waals surface area contributed by atoms with Crippen LogP contribution in [0.3, 0.4) is 0 Å². The van der Waals surface area contributed by atoms with Crippen molar-refractivity contribution >= 4 is 24.7 Å². The Hall–Kier alpha value is -4.07. The molecule has 2 amide bonds. The first-order chi connectivity index (χ1) is 23.5. The number of carbonyl (C=O) groups excluding carboxylic acids is 1. The number of aryl methyl sites for hydroxylation is 1. The van der Waals surface area contributed by atoms with Gasteiger partial charge < -0.3 is 24.3 Å². The third-order valence-electron chi connectivity index (χ3n) is 9.58. The van der Waals surface area contributed by atoms with E-state index in [0.717, 1.165) is 54.1 Å². The Bertz CT molecular complexity index is 1590. The van der Waals surface area contributed by atoms with Gasteiger partial charge in [0.25, 0.3) is 0 Å². The molecule has 0 aromatic heterocycles. The Labute approximate surface area is 295 Å². The van der Waals surface area contributed by atoms with Gasteiger partial charge in [-0.05, 0) is 90.6 Å². The number of nitrogens with zero attached hydrogens (tertiary/aromatic N) is 2. The molecule has 0 bridgehead atoms. The first kappa shape index (κ1) is 36.2. The summed E-state index contributed by atoms with van der Waals surface area (Å²) in [6.07, 6.45) is 1.87. The predicted octanol–water partition coefficient (Wildman–Crippen LogP) is 7.77. The SMILES string of the molecule is Cc1ccc(CN(C(=O)NCc2ccc(OCC(C)C)cc2)C2CCN(C)CC2)c(O[Si](c2ccccc2)(c2ccccc2)C(C)(C)C)c1. The van der Waals surface area contributed by atoms with Gasteiger partial charge in [-0.1, -0.05) is 120 Å². The lowest BCUT2D eigenvalue weighted by Crippen LogP contribution is -2.69. The number of likely N-dealkylation sites (tertiary alicyclic amines) is 1. The first-order valence-electron chi connectivity index (χ1n) is 17.8. The second kappa shape index (κ2) is 16.1. The maximum absolute atomic E-state index is 14.2. The summed E-state index contributed by atoms with van der Waals surface area (Å²) in [6.45, 7) is 16.8. The van der Waals surface area contributed by atoms with E-state index in [0.29, 0.717) is 25.6 Å². The second-order valence-electron chi connectivity index (χ2n) is 15.0. The lowest BCUT2D eigenvalue weighted by Gasteiger charge is -2.43. The molecule has 4 aromatic carbocycles. The van der Waals surface area contributed by atoms with Crippen LogP contribution in [0.2, 0.25) is 5.04 Å². The monoisotopic (exact) mass is 677 g/mol. The van der Waals surface area contributed by atoms with E-state index in [1.807, 2.05) is 24.3 Å². The number of hydrogen-bond acceptors (Lipinski definition) is 4. The van der Waals surface area contributed by atoms with E-state index in [1.165, 1.54) is 10.4 Å². The van der Waals surface area contributed by atoms with Crippen molar-refractivity contribution in [3.63, 3.8) is 0 Å². The number of amides is 2. The Balaban J connectivity index is 1.46.